The second-order valence-electron chi connectivity index (χ2n) is 6.49. The maximum absolute atomic E-state index is 12.6. The van der Waals surface area contributed by atoms with Crippen molar-refractivity contribution in [1.29, 1.82) is 0 Å². The zero-order chi connectivity index (χ0) is 21.7. The molecule has 0 aliphatic heterocycles. The van der Waals surface area contributed by atoms with Crippen molar-refractivity contribution in [3.8, 4) is 5.69 Å². The van der Waals surface area contributed by atoms with Crippen LogP contribution in [0.15, 0.2) is 75.5 Å². The van der Waals surface area contributed by atoms with E-state index in [4.69, 9.17) is 0 Å². The van der Waals surface area contributed by atoms with Gasteiger partial charge >= 0.3 is 0 Å². The lowest BCUT2D eigenvalue weighted by Gasteiger charge is -2.15. The molecule has 0 bridgehead atoms. The number of nitrogens with zero attached hydrogens (tertiary/aromatic N) is 3. The van der Waals surface area contributed by atoms with Crippen LogP contribution in [-0.4, -0.2) is 48.2 Å². The topological polar surface area (TPSA) is 117 Å². The molecule has 3 rings (SSSR count). The molecule has 0 saturated carbocycles. The molecular formula is C20H21N5O4S. The maximum atomic E-state index is 12.6. The molecule has 3 aromatic rings. The SMILES string of the molecule is Cc1[nH]n(-c2ccccc2)c(=O)c1/C=N/NC(=O)CN(C)S(=O)(=O)c1ccccc1. The van der Waals surface area contributed by atoms with Gasteiger partial charge in [-0.15, -0.1) is 0 Å². The second-order valence-corrected chi connectivity index (χ2v) is 8.54. The van der Waals surface area contributed by atoms with E-state index in [0.717, 1.165) is 4.31 Å². The van der Waals surface area contributed by atoms with Crippen LogP contribution >= 0.6 is 0 Å². The summed E-state index contributed by atoms with van der Waals surface area (Å²) in [4.78, 5) is 24.8. The maximum Gasteiger partial charge on any atom is 0.280 e. The fourth-order valence-corrected chi connectivity index (χ4v) is 3.88. The van der Waals surface area contributed by atoms with Crippen molar-refractivity contribution >= 4 is 22.1 Å². The first kappa shape index (κ1) is 21.2. The molecule has 1 aromatic heterocycles. The lowest BCUT2D eigenvalue weighted by Crippen LogP contribution is -2.36. The molecule has 2 N–H and O–H groups in total. The number of aromatic amines is 1. The molecule has 0 spiro atoms. The van der Waals surface area contributed by atoms with Gasteiger partial charge in [0.25, 0.3) is 11.5 Å². The number of rotatable bonds is 7. The lowest BCUT2D eigenvalue weighted by atomic mass is 10.3. The highest BCUT2D eigenvalue weighted by Gasteiger charge is 2.22. The van der Waals surface area contributed by atoms with E-state index in [1.807, 2.05) is 18.2 Å². The van der Waals surface area contributed by atoms with Crippen LogP contribution in [0.4, 0.5) is 0 Å². The first-order chi connectivity index (χ1) is 14.3. The molecule has 2 aromatic carbocycles. The number of likely N-dealkylation sites (N-methyl/N-ethyl adjacent to an activating group) is 1. The van der Waals surface area contributed by atoms with Gasteiger partial charge in [-0.1, -0.05) is 36.4 Å². The molecule has 1 heterocycles. The third-order valence-corrected chi connectivity index (χ3v) is 6.15. The predicted octanol–water partition coefficient (Wildman–Crippen LogP) is 1.24. The van der Waals surface area contributed by atoms with Crippen LogP contribution in [0.5, 0.6) is 0 Å². The third kappa shape index (κ3) is 4.56. The molecule has 0 aliphatic rings. The van der Waals surface area contributed by atoms with Crippen molar-refractivity contribution in [2.45, 2.75) is 11.8 Å². The number of H-pyrrole nitrogens is 1. The Balaban J connectivity index is 1.67. The summed E-state index contributed by atoms with van der Waals surface area (Å²) < 4.78 is 27.2. The average Bonchev–Trinajstić information content (AvgIpc) is 3.03. The Morgan fingerprint density at radius 2 is 1.73 bits per heavy atom. The van der Waals surface area contributed by atoms with E-state index in [0.29, 0.717) is 11.4 Å². The number of carbonyl (C=O) groups excluding carboxylic acids is 1. The highest BCUT2D eigenvalue weighted by atomic mass is 32.2. The number of aromatic nitrogens is 2. The van der Waals surface area contributed by atoms with E-state index < -0.39 is 22.5 Å². The molecule has 0 unspecified atom stereocenters. The molecule has 30 heavy (non-hydrogen) atoms. The Kier molecular flexibility index (Phi) is 6.28. The number of sulfonamides is 1. The average molecular weight is 427 g/mol. The number of nitrogens with one attached hydrogen (secondary N) is 2. The van der Waals surface area contributed by atoms with Crippen molar-refractivity contribution in [3.63, 3.8) is 0 Å². The molecule has 0 fully saturated rings. The molecule has 9 nitrogen and oxygen atoms in total. The van der Waals surface area contributed by atoms with Gasteiger partial charge < -0.3 is 0 Å². The molecular weight excluding hydrogens is 406 g/mol. The van der Waals surface area contributed by atoms with Gasteiger partial charge in [0.1, 0.15) is 0 Å². The predicted molar refractivity (Wildman–Crippen MR) is 113 cm³/mol. The number of hydrazone groups is 1. The standard InChI is InChI=1S/C20H21N5O4S/c1-15-18(20(27)25(23-15)16-9-5-3-6-10-16)13-21-22-19(26)14-24(2)30(28,29)17-11-7-4-8-12-17/h3-13,23H,14H2,1-2H3,(H,22,26)/b21-13+. The summed E-state index contributed by atoms with van der Waals surface area (Å²) in [6.07, 6.45) is 1.23. The molecule has 0 atom stereocenters. The van der Waals surface area contributed by atoms with Gasteiger partial charge in [-0.2, -0.15) is 9.41 Å². The summed E-state index contributed by atoms with van der Waals surface area (Å²) >= 11 is 0. The monoisotopic (exact) mass is 427 g/mol. The van der Waals surface area contributed by atoms with Crippen LogP contribution < -0.4 is 11.0 Å². The van der Waals surface area contributed by atoms with E-state index in [1.54, 1.807) is 37.3 Å². The second kappa shape index (κ2) is 8.89. The number of para-hydroxylation sites is 1. The smallest absolute Gasteiger partial charge is 0.280 e. The normalized spacial score (nSPS) is 11.8. The van der Waals surface area contributed by atoms with Crippen molar-refractivity contribution in [2.75, 3.05) is 13.6 Å². The third-order valence-electron chi connectivity index (χ3n) is 4.33. The van der Waals surface area contributed by atoms with Gasteiger partial charge in [-0.25, -0.2) is 18.5 Å². The summed E-state index contributed by atoms with van der Waals surface area (Å²) in [5, 5.41) is 6.75. The van der Waals surface area contributed by atoms with Crippen LogP contribution in [0.2, 0.25) is 0 Å². The van der Waals surface area contributed by atoms with E-state index >= 15 is 0 Å². The van der Waals surface area contributed by atoms with Gasteiger partial charge in [-0.05, 0) is 31.2 Å². The molecule has 0 saturated heterocycles. The minimum Gasteiger partial charge on any atom is -0.295 e. The summed E-state index contributed by atoms with van der Waals surface area (Å²) in [5.74, 6) is -0.634. The Hall–Kier alpha value is -3.50. The highest BCUT2D eigenvalue weighted by molar-refractivity contribution is 7.89. The van der Waals surface area contributed by atoms with Gasteiger partial charge in [0.15, 0.2) is 0 Å². The zero-order valence-corrected chi connectivity index (χ0v) is 17.3. The molecule has 0 radical (unpaired) electrons. The Labute approximate surface area is 173 Å². The van der Waals surface area contributed by atoms with E-state index in [9.17, 15) is 18.0 Å². The van der Waals surface area contributed by atoms with Crippen LogP contribution in [0.25, 0.3) is 5.69 Å². The fraction of sp³-hybridized carbons (Fsp3) is 0.150. The zero-order valence-electron chi connectivity index (χ0n) is 16.4. The van der Waals surface area contributed by atoms with E-state index in [-0.39, 0.29) is 16.0 Å². The first-order valence-electron chi connectivity index (χ1n) is 9.01. The molecule has 1 amide bonds. The number of carbonyl (C=O) groups is 1. The van der Waals surface area contributed by atoms with Crippen molar-refractivity contribution in [1.82, 2.24) is 19.5 Å². The molecule has 0 aliphatic carbocycles. The van der Waals surface area contributed by atoms with E-state index in [2.05, 4.69) is 15.6 Å². The van der Waals surface area contributed by atoms with Crippen molar-refractivity contribution < 1.29 is 13.2 Å². The summed E-state index contributed by atoms with van der Waals surface area (Å²) in [6.45, 7) is 1.29. The first-order valence-corrected chi connectivity index (χ1v) is 10.4. The summed E-state index contributed by atoms with van der Waals surface area (Å²) in [5.41, 5.74) is 3.46. The number of aryl methyl sites for hydroxylation is 1. The number of benzene rings is 2. The van der Waals surface area contributed by atoms with E-state index in [1.165, 1.54) is 30.1 Å². The highest BCUT2D eigenvalue weighted by Crippen LogP contribution is 2.12. The van der Waals surface area contributed by atoms with Crippen LogP contribution in [0.1, 0.15) is 11.3 Å². The Bertz CT molecular complexity index is 1220. The minimum absolute atomic E-state index is 0.0909. The van der Waals surface area contributed by atoms with Gasteiger partial charge in [-0.3, -0.25) is 14.7 Å². The van der Waals surface area contributed by atoms with Crippen LogP contribution in [-0.2, 0) is 14.8 Å². The van der Waals surface area contributed by atoms with Crippen molar-refractivity contribution in [3.05, 3.63) is 82.3 Å². The number of hydrogen-bond acceptors (Lipinski definition) is 5. The van der Waals surface area contributed by atoms with Gasteiger partial charge in [0.05, 0.1) is 28.9 Å². The Morgan fingerprint density at radius 1 is 1.13 bits per heavy atom. The summed E-state index contributed by atoms with van der Waals surface area (Å²) in [6, 6.07) is 16.8. The number of amides is 1. The van der Waals surface area contributed by atoms with Gasteiger partial charge in [0, 0.05) is 12.7 Å². The van der Waals surface area contributed by atoms with Crippen molar-refractivity contribution in [2.24, 2.45) is 5.10 Å². The number of hydrogen-bond donors (Lipinski definition) is 2. The Morgan fingerprint density at radius 3 is 2.37 bits per heavy atom. The fourth-order valence-electron chi connectivity index (χ4n) is 2.73. The minimum atomic E-state index is -3.79. The molecule has 156 valence electrons. The van der Waals surface area contributed by atoms with Crippen LogP contribution in [0, 0.1) is 6.92 Å². The lowest BCUT2D eigenvalue weighted by molar-refractivity contribution is -0.121. The largest absolute Gasteiger partial charge is 0.295 e. The molecule has 10 heteroatoms. The van der Waals surface area contributed by atoms with Gasteiger partial charge in [0.2, 0.25) is 10.0 Å². The van der Waals surface area contributed by atoms with Crippen LogP contribution in [0.3, 0.4) is 0 Å². The quantitative estimate of drug-likeness (QED) is 0.436. The summed E-state index contributed by atoms with van der Waals surface area (Å²) in [7, 11) is -2.48.